The minimum atomic E-state index is -0.681. The molecule has 0 saturated carbocycles. The summed E-state index contributed by atoms with van der Waals surface area (Å²) in [6.45, 7) is 9.18. The number of H-pyrrole nitrogens is 1. The predicted molar refractivity (Wildman–Crippen MR) is 86.8 cm³/mol. The number of esters is 2. The van der Waals surface area contributed by atoms with E-state index in [1.54, 1.807) is 6.92 Å². The van der Waals surface area contributed by atoms with Crippen molar-refractivity contribution < 1.29 is 19.1 Å². The highest BCUT2D eigenvalue weighted by atomic mass is 16.6. The van der Waals surface area contributed by atoms with Crippen LogP contribution < -0.4 is 0 Å². The van der Waals surface area contributed by atoms with Gasteiger partial charge in [-0.2, -0.15) is 5.21 Å². The summed E-state index contributed by atoms with van der Waals surface area (Å²) in [5, 5.41) is 13.1. The van der Waals surface area contributed by atoms with Crippen molar-refractivity contribution in [2.24, 2.45) is 0 Å². The maximum Gasteiger partial charge on any atom is 0.334 e. The third-order valence-electron chi connectivity index (χ3n) is 3.45. The van der Waals surface area contributed by atoms with E-state index >= 15 is 0 Å². The molecule has 134 valence electrons. The molecule has 0 spiro atoms. The van der Waals surface area contributed by atoms with Crippen molar-refractivity contribution in [1.82, 2.24) is 20.6 Å². The zero-order chi connectivity index (χ0) is 17.9. The lowest BCUT2D eigenvalue weighted by Crippen LogP contribution is -2.18. The van der Waals surface area contributed by atoms with Crippen LogP contribution in [0.2, 0.25) is 0 Å². The normalized spacial score (nSPS) is 13.1. The molecule has 0 aliphatic heterocycles. The Balaban J connectivity index is 2.29. The zero-order valence-corrected chi connectivity index (χ0v) is 14.6. The summed E-state index contributed by atoms with van der Waals surface area (Å²) >= 11 is 0. The molecule has 0 bridgehead atoms. The summed E-state index contributed by atoms with van der Waals surface area (Å²) in [4.78, 5) is 23.7. The number of tetrazole rings is 1. The van der Waals surface area contributed by atoms with Gasteiger partial charge in [-0.15, -0.1) is 10.2 Å². The van der Waals surface area contributed by atoms with Crippen molar-refractivity contribution in [3.63, 3.8) is 0 Å². The first-order valence-electron chi connectivity index (χ1n) is 8.25. The molecule has 0 aromatic carbocycles. The molecule has 1 N–H and O–H groups in total. The zero-order valence-electron chi connectivity index (χ0n) is 14.6. The largest absolute Gasteiger partial charge is 0.462 e. The van der Waals surface area contributed by atoms with Gasteiger partial charge in [-0.05, 0) is 26.7 Å². The Kier molecular flexibility index (Phi) is 8.67. The first kappa shape index (κ1) is 19.8. The minimum Gasteiger partial charge on any atom is -0.462 e. The fourth-order valence-electron chi connectivity index (χ4n) is 2.07. The second-order valence-corrected chi connectivity index (χ2v) is 5.75. The van der Waals surface area contributed by atoms with E-state index in [0.29, 0.717) is 0 Å². The number of unbranched alkanes of at least 4 members (excludes halogenated alkanes) is 3. The van der Waals surface area contributed by atoms with Crippen LogP contribution in [-0.4, -0.2) is 38.7 Å². The van der Waals surface area contributed by atoms with Crippen molar-refractivity contribution in [3.05, 3.63) is 18.0 Å². The highest BCUT2D eigenvalue weighted by molar-refractivity contribution is 5.93. The maximum atomic E-state index is 11.9. The summed E-state index contributed by atoms with van der Waals surface area (Å²) in [7, 11) is 0. The SMILES string of the molecule is C=C(CC(=O)OC(C)CCCCCC)C(=O)OC(C)c1nn[nH]n1. The molecular formula is C16H26N4O4. The highest BCUT2D eigenvalue weighted by Crippen LogP contribution is 2.15. The van der Waals surface area contributed by atoms with Crippen LogP contribution in [0, 0.1) is 0 Å². The van der Waals surface area contributed by atoms with Gasteiger partial charge in [0.25, 0.3) is 0 Å². The van der Waals surface area contributed by atoms with E-state index in [4.69, 9.17) is 9.47 Å². The van der Waals surface area contributed by atoms with Crippen LogP contribution in [0.1, 0.15) is 71.2 Å². The molecule has 1 aromatic heterocycles. The van der Waals surface area contributed by atoms with E-state index in [1.165, 1.54) is 12.8 Å². The van der Waals surface area contributed by atoms with Gasteiger partial charge in [0.05, 0.1) is 12.5 Å². The molecule has 2 unspecified atom stereocenters. The van der Waals surface area contributed by atoms with Crippen LogP contribution in [0.4, 0.5) is 0 Å². The van der Waals surface area contributed by atoms with Crippen LogP contribution in [-0.2, 0) is 19.1 Å². The summed E-state index contributed by atoms with van der Waals surface area (Å²) in [5.41, 5.74) is 0.0357. The molecular weight excluding hydrogens is 312 g/mol. The van der Waals surface area contributed by atoms with Gasteiger partial charge in [0, 0.05) is 5.57 Å². The fourth-order valence-corrected chi connectivity index (χ4v) is 2.07. The number of hydrogen-bond acceptors (Lipinski definition) is 7. The van der Waals surface area contributed by atoms with E-state index in [-0.39, 0.29) is 23.9 Å². The molecule has 0 aliphatic rings. The Morgan fingerprint density at radius 1 is 1.21 bits per heavy atom. The third-order valence-corrected chi connectivity index (χ3v) is 3.45. The second-order valence-electron chi connectivity index (χ2n) is 5.75. The molecule has 2 atom stereocenters. The molecule has 0 aliphatic carbocycles. The molecule has 0 saturated heterocycles. The van der Waals surface area contributed by atoms with Crippen LogP contribution in [0.15, 0.2) is 12.2 Å². The topological polar surface area (TPSA) is 107 Å². The molecule has 0 amide bonds. The van der Waals surface area contributed by atoms with Gasteiger partial charge in [-0.25, -0.2) is 4.79 Å². The van der Waals surface area contributed by atoms with Gasteiger partial charge in [0.2, 0.25) is 5.82 Å². The molecule has 0 radical (unpaired) electrons. The van der Waals surface area contributed by atoms with Crippen LogP contribution in [0.3, 0.4) is 0 Å². The van der Waals surface area contributed by atoms with Crippen molar-refractivity contribution in [2.75, 3.05) is 0 Å². The van der Waals surface area contributed by atoms with Gasteiger partial charge in [0.1, 0.15) is 0 Å². The summed E-state index contributed by atoms with van der Waals surface area (Å²) in [5.74, 6) is -0.911. The van der Waals surface area contributed by atoms with Gasteiger partial charge in [-0.1, -0.05) is 38.0 Å². The minimum absolute atomic E-state index is 0.0357. The van der Waals surface area contributed by atoms with Crippen molar-refractivity contribution in [2.45, 2.75) is 71.5 Å². The molecule has 8 heteroatoms. The number of carbonyl (C=O) groups is 2. The third kappa shape index (κ3) is 7.34. The van der Waals surface area contributed by atoms with Gasteiger partial charge in [-0.3, -0.25) is 4.79 Å². The molecule has 1 heterocycles. The lowest BCUT2D eigenvalue weighted by atomic mass is 10.1. The lowest BCUT2D eigenvalue weighted by Gasteiger charge is -2.14. The quantitative estimate of drug-likeness (QED) is 0.375. The summed E-state index contributed by atoms with van der Waals surface area (Å²) in [6, 6.07) is 0. The molecule has 8 nitrogen and oxygen atoms in total. The number of rotatable bonds is 11. The Bertz CT molecular complexity index is 530. The van der Waals surface area contributed by atoms with E-state index < -0.39 is 18.0 Å². The van der Waals surface area contributed by atoms with E-state index in [9.17, 15) is 9.59 Å². The number of aromatic amines is 1. The molecule has 1 aromatic rings. The van der Waals surface area contributed by atoms with Crippen LogP contribution in [0.25, 0.3) is 0 Å². The average molecular weight is 338 g/mol. The first-order chi connectivity index (χ1) is 11.4. The number of nitrogens with zero attached hydrogens (tertiary/aromatic N) is 3. The van der Waals surface area contributed by atoms with Crippen molar-refractivity contribution in [1.29, 1.82) is 0 Å². The number of carbonyl (C=O) groups excluding carboxylic acids is 2. The number of ether oxygens (including phenoxy) is 2. The Morgan fingerprint density at radius 2 is 1.96 bits per heavy atom. The molecule has 1 rings (SSSR count). The maximum absolute atomic E-state index is 11.9. The van der Waals surface area contributed by atoms with Crippen molar-refractivity contribution in [3.8, 4) is 0 Å². The highest BCUT2D eigenvalue weighted by Gasteiger charge is 2.20. The standard InChI is InChI=1S/C16H26N4O4/c1-5-6-7-8-9-12(3)23-14(21)10-11(2)16(22)24-13(4)15-17-19-20-18-15/h12-13H,2,5-10H2,1,3-4H3,(H,17,18,19,20). The monoisotopic (exact) mass is 338 g/mol. The van der Waals surface area contributed by atoms with Crippen LogP contribution >= 0.6 is 0 Å². The fraction of sp³-hybridized carbons (Fsp3) is 0.688. The van der Waals surface area contributed by atoms with Gasteiger partial charge < -0.3 is 9.47 Å². The average Bonchev–Trinajstić information content (AvgIpc) is 3.05. The number of nitrogens with one attached hydrogen (secondary N) is 1. The Morgan fingerprint density at radius 3 is 2.58 bits per heavy atom. The van der Waals surface area contributed by atoms with Crippen molar-refractivity contribution >= 4 is 11.9 Å². The predicted octanol–water partition coefficient (Wildman–Crippen LogP) is 2.65. The Labute approximate surface area is 142 Å². The first-order valence-corrected chi connectivity index (χ1v) is 8.25. The van der Waals surface area contributed by atoms with Gasteiger partial charge in [0.15, 0.2) is 6.10 Å². The van der Waals surface area contributed by atoms with E-state index in [0.717, 1.165) is 19.3 Å². The van der Waals surface area contributed by atoms with E-state index in [1.807, 2.05) is 6.92 Å². The van der Waals surface area contributed by atoms with Gasteiger partial charge >= 0.3 is 11.9 Å². The second kappa shape index (κ2) is 10.5. The number of hydrogen-bond donors (Lipinski definition) is 1. The smallest absolute Gasteiger partial charge is 0.334 e. The Hall–Kier alpha value is -2.25. The lowest BCUT2D eigenvalue weighted by molar-refractivity contribution is -0.151. The molecule has 0 fully saturated rings. The number of aromatic nitrogens is 4. The van der Waals surface area contributed by atoms with Crippen LogP contribution in [0.5, 0.6) is 0 Å². The molecule has 24 heavy (non-hydrogen) atoms. The summed E-state index contributed by atoms with van der Waals surface area (Å²) in [6.07, 6.45) is 4.27. The van der Waals surface area contributed by atoms with E-state index in [2.05, 4.69) is 34.1 Å². The summed E-state index contributed by atoms with van der Waals surface area (Å²) < 4.78 is 10.4.